The summed E-state index contributed by atoms with van der Waals surface area (Å²) in [5, 5.41) is 18.8. The van der Waals surface area contributed by atoms with E-state index >= 15 is 0 Å². The second-order valence-corrected chi connectivity index (χ2v) is 6.36. The zero-order valence-electron chi connectivity index (χ0n) is 15.2. The van der Waals surface area contributed by atoms with E-state index in [2.05, 4.69) is 37.0 Å². The molecule has 3 heterocycles. The fourth-order valence-corrected chi connectivity index (χ4v) is 2.59. The Morgan fingerprint density at radius 2 is 2.04 bits per heavy atom. The van der Waals surface area contributed by atoms with Gasteiger partial charge in [0.2, 0.25) is 11.5 Å². The summed E-state index contributed by atoms with van der Waals surface area (Å²) in [6.07, 6.45) is 3.32. The number of anilines is 1. The summed E-state index contributed by atoms with van der Waals surface area (Å²) in [5.74, 6) is 6.96. The van der Waals surface area contributed by atoms with Crippen molar-refractivity contribution in [1.82, 2.24) is 25.1 Å². The molecule has 0 aliphatic rings. The van der Waals surface area contributed by atoms with Gasteiger partial charge in [-0.3, -0.25) is 0 Å². The summed E-state index contributed by atoms with van der Waals surface area (Å²) in [5.41, 5.74) is 6.40. The number of aliphatic hydroxyl groups is 1. The van der Waals surface area contributed by atoms with Gasteiger partial charge in [0.05, 0.1) is 0 Å². The van der Waals surface area contributed by atoms with Crippen molar-refractivity contribution in [2.24, 2.45) is 0 Å². The maximum atomic E-state index is 10.5. The van der Waals surface area contributed by atoms with Crippen LogP contribution in [0.4, 0.5) is 5.82 Å². The molecule has 1 aromatic carbocycles. The Balaban J connectivity index is 1.69. The monoisotopic (exact) mass is 372 g/mol. The summed E-state index contributed by atoms with van der Waals surface area (Å²) >= 11 is 0. The number of hydrogen-bond acceptors (Lipinski definition) is 8. The zero-order chi connectivity index (χ0) is 19.7. The molecule has 3 N–H and O–H groups in total. The van der Waals surface area contributed by atoms with Crippen LogP contribution in [0.25, 0.3) is 22.3 Å². The third-order valence-corrected chi connectivity index (χ3v) is 4.04. The number of pyridine rings is 1. The van der Waals surface area contributed by atoms with E-state index in [0.29, 0.717) is 28.6 Å². The molecule has 0 saturated carbocycles. The quantitative estimate of drug-likeness (QED) is 0.513. The van der Waals surface area contributed by atoms with Crippen LogP contribution in [0.1, 0.15) is 24.3 Å². The summed E-state index contributed by atoms with van der Waals surface area (Å²) in [7, 11) is 0. The maximum absolute atomic E-state index is 10.5. The van der Waals surface area contributed by atoms with E-state index in [0.717, 1.165) is 10.9 Å². The van der Waals surface area contributed by atoms with Crippen LogP contribution >= 0.6 is 0 Å². The number of nitrogen functional groups attached to an aromatic ring is 1. The van der Waals surface area contributed by atoms with Crippen molar-refractivity contribution in [3.05, 3.63) is 60.1 Å². The lowest BCUT2D eigenvalue weighted by atomic mass is 10.1. The summed E-state index contributed by atoms with van der Waals surface area (Å²) in [6.45, 7) is 3.15. The Morgan fingerprint density at radius 3 is 2.82 bits per heavy atom. The van der Waals surface area contributed by atoms with Crippen LogP contribution in [-0.2, 0) is 5.60 Å². The third kappa shape index (κ3) is 3.39. The molecule has 138 valence electrons. The van der Waals surface area contributed by atoms with Crippen molar-refractivity contribution in [1.29, 1.82) is 0 Å². The van der Waals surface area contributed by atoms with Gasteiger partial charge in [0.15, 0.2) is 5.82 Å². The first-order valence-corrected chi connectivity index (χ1v) is 8.46. The number of nitrogens with two attached hydrogens (primary N) is 1. The molecular weight excluding hydrogens is 356 g/mol. The van der Waals surface area contributed by atoms with E-state index in [1.165, 1.54) is 6.92 Å². The number of nitrogens with zero attached hydrogens (tertiary/aromatic N) is 5. The van der Waals surface area contributed by atoms with Gasteiger partial charge in [-0.1, -0.05) is 24.0 Å². The summed E-state index contributed by atoms with van der Waals surface area (Å²) < 4.78 is 5.27. The molecule has 0 fully saturated rings. The van der Waals surface area contributed by atoms with Crippen molar-refractivity contribution in [3.63, 3.8) is 0 Å². The molecule has 8 heteroatoms. The summed E-state index contributed by atoms with van der Waals surface area (Å²) in [6, 6.07) is 9.17. The van der Waals surface area contributed by atoms with E-state index in [-0.39, 0.29) is 5.89 Å². The Morgan fingerprint density at radius 1 is 1.18 bits per heavy atom. The predicted molar refractivity (Wildman–Crippen MR) is 103 cm³/mol. The van der Waals surface area contributed by atoms with Crippen LogP contribution in [0.5, 0.6) is 0 Å². The van der Waals surface area contributed by atoms with Gasteiger partial charge in [0, 0.05) is 35.8 Å². The minimum atomic E-state index is -1.56. The standard InChI is InChI=1S/C20H16N6O2/c1-12-25-26-19(28-12)20(2,27)8-6-13-4-3-5-14(10-13)18-23-11-15-7-9-22-17(21)16(15)24-18/h3-5,7,9-11,27H,1-2H3,(H2,21,22)/t20-/m1/s1. The Bertz CT molecular complexity index is 1240. The van der Waals surface area contributed by atoms with Crippen LogP contribution in [-0.4, -0.2) is 30.3 Å². The van der Waals surface area contributed by atoms with Gasteiger partial charge < -0.3 is 15.3 Å². The number of fused-ring (bicyclic) bond motifs is 1. The number of rotatable bonds is 2. The van der Waals surface area contributed by atoms with Crippen molar-refractivity contribution in [2.75, 3.05) is 5.73 Å². The second kappa shape index (κ2) is 6.72. The molecule has 0 saturated heterocycles. The highest BCUT2D eigenvalue weighted by Gasteiger charge is 2.27. The zero-order valence-corrected chi connectivity index (χ0v) is 15.2. The first kappa shape index (κ1) is 17.6. The van der Waals surface area contributed by atoms with Gasteiger partial charge in [-0.15, -0.1) is 10.2 Å². The average Bonchev–Trinajstić information content (AvgIpc) is 3.14. The van der Waals surface area contributed by atoms with Crippen LogP contribution in [0.15, 0.2) is 47.1 Å². The van der Waals surface area contributed by atoms with Crippen LogP contribution < -0.4 is 5.73 Å². The molecule has 0 radical (unpaired) electrons. The third-order valence-electron chi connectivity index (χ3n) is 4.04. The van der Waals surface area contributed by atoms with E-state index in [1.54, 1.807) is 25.4 Å². The van der Waals surface area contributed by atoms with E-state index < -0.39 is 5.60 Å². The van der Waals surface area contributed by atoms with Crippen LogP contribution in [0.3, 0.4) is 0 Å². The van der Waals surface area contributed by atoms with Crippen molar-refractivity contribution in [2.45, 2.75) is 19.4 Å². The lowest BCUT2D eigenvalue weighted by molar-refractivity contribution is 0.0881. The molecule has 1 atom stereocenters. The fourth-order valence-electron chi connectivity index (χ4n) is 2.59. The Labute approximate surface area is 160 Å². The highest BCUT2D eigenvalue weighted by atomic mass is 16.4. The SMILES string of the molecule is Cc1nnc([C@](C)(O)C#Cc2cccc(-c3ncc4ccnc(N)c4n3)c2)o1. The molecule has 0 spiro atoms. The molecule has 4 rings (SSSR count). The number of benzene rings is 1. The van der Waals surface area contributed by atoms with Gasteiger partial charge in [-0.25, -0.2) is 15.0 Å². The minimum Gasteiger partial charge on any atom is -0.421 e. The van der Waals surface area contributed by atoms with E-state index in [4.69, 9.17) is 10.2 Å². The molecule has 8 nitrogen and oxygen atoms in total. The van der Waals surface area contributed by atoms with E-state index in [1.807, 2.05) is 24.3 Å². The second-order valence-electron chi connectivity index (χ2n) is 6.36. The minimum absolute atomic E-state index is 0.0505. The highest BCUT2D eigenvalue weighted by molar-refractivity contribution is 5.87. The number of aromatic nitrogens is 5. The average molecular weight is 372 g/mol. The number of hydrogen-bond donors (Lipinski definition) is 2. The van der Waals surface area contributed by atoms with Crippen molar-refractivity contribution < 1.29 is 9.52 Å². The molecule has 0 unspecified atom stereocenters. The molecule has 0 amide bonds. The molecule has 28 heavy (non-hydrogen) atoms. The van der Waals surface area contributed by atoms with Crippen molar-refractivity contribution >= 4 is 16.7 Å². The predicted octanol–water partition coefficient (Wildman–Crippen LogP) is 2.22. The normalized spacial score (nSPS) is 13.0. The Hall–Kier alpha value is -3.83. The Kier molecular flexibility index (Phi) is 4.22. The molecule has 3 aromatic heterocycles. The molecule has 0 aliphatic heterocycles. The van der Waals surface area contributed by atoms with Crippen LogP contribution in [0, 0.1) is 18.8 Å². The maximum Gasteiger partial charge on any atom is 0.260 e. The van der Waals surface area contributed by atoms with Gasteiger partial charge >= 0.3 is 0 Å². The topological polar surface area (TPSA) is 124 Å². The van der Waals surface area contributed by atoms with Gasteiger partial charge in [0.1, 0.15) is 11.3 Å². The van der Waals surface area contributed by atoms with Gasteiger partial charge in [-0.2, -0.15) is 0 Å². The van der Waals surface area contributed by atoms with Gasteiger partial charge in [0.25, 0.3) is 5.89 Å². The lowest BCUT2D eigenvalue weighted by Gasteiger charge is -2.10. The fraction of sp³-hybridized carbons (Fsp3) is 0.150. The first-order chi connectivity index (χ1) is 13.4. The molecular formula is C20H16N6O2. The number of aryl methyl sites for hydroxylation is 1. The van der Waals surface area contributed by atoms with E-state index in [9.17, 15) is 5.11 Å². The first-order valence-electron chi connectivity index (χ1n) is 8.46. The van der Waals surface area contributed by atoms with Crippen LogP contribution in [0.2, 0.25) is 0 Å². The highest BCUT2D eigenvalue weighted by Crippen LogP contribution is 2.22. The van der Waals surface area contributed by atoms with Crippen molar-refractivity contribution in [3.8, 4) is 23.2 Å². The summed E-state index contributed by atoms with van der Waals surface area (Å²) in [4.78, 5) is 13.0. The smallest absolute Gasteiger partial charge is 0.260 e. The molecule has 0 bridgehead atoms. The molecule has 0 aliphatic carbocycles. The largest absolute Gasteiger partial charge is 0.421 e. The van der Waals surface area contributed by atoms with Gasteiger partial charge in [-0.05, 0) is 25.1 Å². The molecule has 4 aromatic rings. The lowest BCUT2D eigenvalue weighted by Crippen LogP contribution is -2.19.